The topological polar surface area (TPSA) is 126 Å². The summed E-state index contributed by atoms with van der Waals surface area (Å²) < 4.78 is 7.75. The van der Waals surface area contributed by atoms with E-state index in [4.69, 9.17) is 4.74 Å². The van der Waals surface area contributed by atoms with Gasteiger partial charge in [0.1, 0.15) is 6.04 Å². The predicted molar refractivity (Wildman–Crippen MR) is 170 cm³/mol. The van der Waals surface area contributed by atoms with Gasteiger partial charge in [0.25, 0.3) is 5.91 Å². The molecule has 0 bridgehead atoms. The molecule has 3 aromatic rings. The van der Waals surface area contributed by atoms with Crippen LogP contribution in [0.2, 0.25) is 0 Å². The molecular formula is C35H42N6O5. The second kappa shape index (κ2) is 12.7. The first-order chi connectivity index (χ1) is 22.1. The van der Waals surface area contributed by atoms with Crippen LogP contribution in [0.5, 0.6) is 0 Å². The number of amides is 4. The average molecular weight is 627 g/mol. The zero-order chi connectivity index (χ0) is 32.5. The molecule has 3 atom stereocenters. The van der Waals surface area contributed by atoms with E-state index in [1.54, 1.807) is 28.9 Å². The van der Waals surface area contributed by atoms with E-state index in [1.807, 2.05) is 72.5 Å². The number of aromatic nitrogens is 2. The first-order valence-electron chi connectivity index (χ1n) is 15.9. The summed E-state index contributed by atoms with van der Waals surface area (Å²) in [7, 11) is 1.52. The number of ether oxygens (including phenoxy) is 1. The fourth-order valence-corrected chi connectivity index (χ4v) is 6.66. The molecule has 6 rings (SSSR count). The lowest BCUT2D eigenvalue weighted by Crippen LogP contribution is -2.66. The highest BCUT2D eigenvalue weighted by Crippen LogP contribution is 2.51. The average Bonchev–Trinajstić information content (AvgIpc) is 3.44. The molecule has 2 N–H and O–H groups in total. The molecule has 46 heavy (non-hydrogen) atoms. The summed E-state index contributed by atoms with van der Waals surface area (Å²) in [4.78, 5) is 57.5. The van der Waals surface area contributed by atoms with Crippen molar-refractivity contribution in [3.05, 3.63) is 89.7 Å². The lowest BCUT2D eigenvalue weighted by Gasteiger charge is -2.51. The van der Waals surface area contributed by atoms with Crippen LogP contribution in [0, 0.1) is 16.7 Å². The van der Waals surface area contributed by atoms with Crippen LogP contribution in [0.3, 0.4) is 0 Å². The number of carbonyl (C=O) groups excluding carboxylic acids is 4. The van der Waals surface area contributed by atoms with Crippen molar-refractivity contribution in [2.24, 2.45) is 16.7 Å². The van der Waals surface area contributed by atoms with Crippen LogP contribution in [0.1, 0.15) is 48.2 Å². The summed E-state index contributed by atoms with van der Waals surface area (Å²) in [6.07, 6.45) is 4.40. The summed E-state index contributed by atoms with van der Waals surface area (Å²) >= 11 is 0. The molecule has 1 aromatic heterocycles. The van der Waals surface area contributed by atoms with Gasteiger partial charge in [-0.25, -0.2) is 0 Å². The first kappa shape index (κ1) is 31.5. The van der Waals surface area contributed by atoms with Crippen molar-refractivity contribution in [3.8, 4) is 0 Å². The van der Waals surface area contributed by atoms with Crippen molar-refractivity contribution >= 4 is 23.6 Å². The standard InChI is InChI=1S/C35H42N6O5/c1-24(46-20-26-12-8-5-9-13-26)29(31(43)36-3)38-30(42)28-19-39(21-35(28)22-40(23-35)33(45)34(2)14-15-34)32(44)27-16-37-41(18-27)17-25-10-6-4-7-11-25/h4-13,16,18,24,28-29H,14-15,17,19-23H2,1-3H3,(H,36,43)(H,38,42)/t24-,28+,29+/m1/s1. The Morgan fingerprint density at radius 1 is 0.957 bits per heavy atom. The van der Waals surface area contributed by atoms with Gasteiger partial charge in [-0.3, -0.25) is 23.9 Å². The number of likely N-dealkylation sites (tertiary alicyclic amines) is 2. The van der Waals surface area contributed by atoms with Crippen molar-refractivity contribution in [1.82, 2.24) is 30.2 Å². The van der Waals surface area contributed by atoms with Gasteiger partial charge in [0.05, 0.1) is 36.9 Å². The lowest BCUT2D eigenvalue weighted by molar-refractivity contribution is -0.154. The number of hydrogen-bond donors (Lipinski definition) is 2. The first-order valence-corrected chi connectivity index (χ1v) is 15.9. The van der Waals surface area contributed by atoms with Crippen molar-refractivity contribution in [2.75, 3.05) is 33.2 Å². The smallest absolute Gasteiger partial charge is 0.257 e. The molecule has 11 nitrogen and oxygen atoms in total. The van der Waals surface area contributed by atoms with Crippen molar-refractivity contribution < 1.29 is 23.9 Å². The zero-order valence-corrected chi connectivity index (χ0v) is 26.6. The van der Waals surface area contributed by atoms with E-state index in [0.29, 0.717) is 31.7 Å². The molecule has 3 aliphatic rings. The zero-order valence-electron chi connectivity index (χ0n) is 26.6. The second-order valence-corrected chi connectivity index (χ2v) is 13.3. The number of carbonyl (C=O) groups is 4. The largest absolute Gasteiger partial charge is 0.371 e. The van der Waals surface area contributed by atoms with Crippen molar-refractivity contribution in [1.29, 1.82) is 0 Å². The minimum Gasteiger partial charge on any atom is -0.371 e. The Morgan fingerprint density at radius 2 is 1.59 bits per heavy atom. The molecule has 242 valence electrons. The summed E-state index contributed by atoms with van der Waals surface area (Å²) in [5, 5.41) is 10.00. The Balaban J connectivity index is 1.18. The molecule has 4 amide bonds. The second-order valence-electron chi connectivity index (χ2n) is 13.3. The minimum atomic E-state index is -0.942. The van der Waals surface area contributed by atoms with Gasteiger partial charge in [0, 0.05) is 50.3 Å². The Morgan fingerprint density at radius 3 is 2.22 bits per heavy atom. The summed E-state index contributed by atoms with van der Waals surface area (Å²) in [5.41, 5.74) is 1.53. The summed E-state index contributed by atoms with van der Waals surface area (Å²) in [5.74, 6) is -1.42. The highest BCUT2D eigenvalue weighted by Gasteiger charge is 2.61. The molecule has 2 aliphatic heterocycles. The maximum absolute atomic E-state index is 14.1. The third-order valence-corrected chi connectivity index (χ3v) is 9.79. The van der Waals surface area contributed by atoms with Crippen LogP contribution >= 0.6 is 0 Å². The van der Waals surface area contributed by atoms with Gasteiger partial charge in [-0.1, -0.05) is 67.6 Å². The van der Waals surface area contributed by atoms with Gasteiger partial charge in [-0.15, -0.1) is 0 Å². The number of hydrogen-bond acceptors (Lipinski definition) is 6. The van der Waals surface area contributed by atoms with Crippen LogP contribution in [-0.2, 0) is 32.3 Å². The lowest BCUT2D eigenvalue weighted by atomic mass is 9.70. The van der Waals surface area contributed by atoms with E-state index in [0.717, 1.165) is 24.0 Å². The van der Waals surface area contributed by atoms with Crippen molar-refractivity contribution in [3.63, 3.8) is 0 Å². The Hall–Kier alpha value is -4.51. The quantitative estimate of drug-likeness (QED) is 0.337. The maximum Gasteiger partial charge on any atom is 0.257 e. The monoisotopic (exact) mass is 626 g/mol. The Bertz CT molecular complexity index is 1580. The van der Waals surface area contributed by atoms with E-state index >= 15 is 0 Å². The van der Waals surface area contributed by atoms with Crippen LogP contribution in [0.25, 0.3) is 0 Å². The summed E-state index contributed by atoms with van der Waals surface area (Å²) in [6, 6.07) is 18.6. The third kappa shape index (κ3) is 6.42. The van der Waals surface area contributed by atoms with Gasteiger partial charge >= 0.3 is 0 Å². The van der Waals surface area contributed by atoms with E-state index in [-0.39, 0.29) is 42.2 Å². The highest BCUT2D eigenvalue weighted by atomic mass is 16.5. The van der Waals surface area contributed by atoms with Crippen LogP contribution in [0.4, 0.5) is 0 Å². The van der Waals surface area contributed by atoms with Gasteiger partial charge in [0.15, 0.2) is 0 Å². The fourth-order valence-electron chi connectivity index (χ4n) is 6.66. The number of rotatable bonds is 11. The van der Waals surface area contributed by atoms with Gasteiger partial charge in [-0.05, 0) is 30.9 Å². The van der Waals surface area contributed by atoms with E-state index in [2.05, 4.69) is 15.7 Å². The molecule has 0 unspecified atom stereocenters. The van der Waals surface area contributed by atoms with Crippen LogP contribution in [0.15, 0.2) is 73.1 Å². The molecule has 0 radical (unpaired) electrons. The van der Waals surface area contributed by atoms with Crippen LogP contribution in [-0.4, -0.2) is 88.6 Å². The molecule has 2 aromatic carbocycles. The number of likely N-dealkylation sites (N-methyl/N-ethyl adjacent to an activating group) is 1. The highest BCUT2D eigenvalue weighted by molar-refractivity contribution is 5.96. The van der Waals surface area contributed by atoms with E-state index < -0.39 is 23.5 Å². The molecule has 1 spiro atoms. The fraction of sp³-hybridized carbons (Fsp3) is 0.457. The minimum absolute atomic E-state index is 0.107. The third-order valence-electron chi connectivity index (χ3n) is 9.79. The van der Waals surface area contributed by atoms with Gasteiger partial charge in [-0.2, -0.15) is 5.10 Å². The summed E-state index contributed by atoms with van der Waals surface area (Å²) in [6.45, 7) is 5.84. The number of benzene rings is 2. The van der Waals surface area contributed by atoms with Gasteiger partial charge < -0.3 is 25.2 Å². The molecule has 1 aliphatic carbocycles. The normalized spacial score (nSPS) is 20.5. The molecular weight excluding hydrogens is 584 g/mol. The van der Waals surface area contributed by atoms with Crippen LogP contribution < -0.4 is 10.6 Å². The number of nitrogens with zero attached hydrogens (tertiary/aromatic N) is 4. The molecule has 11 heteroatoms. The maximum atomic E-state index is 14.1. The molecule has 2 saturated heterocycles. The van der Waals surface area contributed by atoms with Gasteiger partial charge in [0.2, 0.25) is 17.7 Å². The Kier molecular flexibility index (Phi) is 8.69. The molecule has 3 fully saturated rings. The predicted octanol–water partition coefficient (Wildman–Crippen LogP) is 2.47. The number of nitrogens with one attached hydrogen (secondary N) is 2. The van der Waals surface area contributed by atoms with Crippen molar-refractivity contribution in [2.45, 2.75) is 52.0 Å². The Labute approximate surface area is 269 Å². The SMILES string of the molecule is CNC(=O)[C@@H](NC(=O)[C@@H]1CN(C(=O)c2cnn(Cc3ccccc3)c2)CC12CN(C(=O)C1(C)CC1)C2)[C@@H](C)OCc1ccccc1. The van der Waals surface area contributed by atoms with E-state index in [1.165, 1.54) is 7.05 Å². The molecule has 3 heterocycles. The van der Waals surface area contributed by atoms with E-state index in [9.17, 15) is 19.2 Å². The molecule has 1 saturated carbocycles.